The summed E-state index contributed by atoms with van der Waals surface area (Å²) in [7, 11) is 0. The number of ether oxygens (including phenoxy) is 1. The molecule has 0 fully saturated rings. The van der Waals surface area contributed by atoms with Gasteiger partial charge in [-0.1, -0.05) is 23.7 Å². The maximum Gasteiger partial charge on any atom is 0.251 e. The van der Waals surface area contributed by atoms with Crippen molar-refractivity contribution in [3.05, 3.63) is 88.5 Å². The Balaban J connectivity index is 1.34. The smallest absolute Gasteiger partial charge is 0.251 e. The molecule has 0 radical (unpaired) electrons. The summed E-state index contributed by atoms with van der Waals surface area (Å²) < 4.78 is 8.26. The van der Waals surface area contributed by atoms with Crippen LogP contribution in [0, 0.1) is 13.8 Å². The molecule has 176 valence electrons. The van der Waals surface area contributed by atoms with Gasteiger partial charge < -0.3 is 14.6 Å². The minimum Gasteiger partial charge on any atom is -0.494 e. The minimum absolute atomic E-state index is 0.0827. The molecule has 0 saturated carbocycles. The Morgan fingerprint density at radius 3 is 2.56 bits per heavy atom. The molecule has 2 heterocycles. The molecule has 2 aromatic carbocycles. The van der Waals surface area contributed by atoms with Gasteiger partial charge in [-0.25, -0.2) is 4.98 Å². The lowest BCUT2D eigenvalue weighted by atomic mass is 10.1. The van der Waals surface area contributed by atoms with Crippen LogP contribution in [0.2, 0.25) is 5.02 Å². The van der Waals surface area contributed by atoms with Gasteiger partial charge in [0.25, 0.3) is 5.91 Å². The molecule has 0 atom stereocenters. The van der Waals surface area contributed by atoms with E-state index >= 15 is 0 Å². The molecule has 0 aliphatic carbocycles. The van der Waals surface area contributed by atoms with E-state index in [4.69, 9.17) is 21.3 Å². The summed E-state index contributed by atoms with van der Waals surface area (Å²) in [4.78, 5) is 21.0. The van der Waals surface area contributed by atoms with E-state index < -0.39 is 0 Å². The number of pyridine rings is 1. The van der Waals surface area contributed by atoms with Crippen LogP contribution in [0.5, 0.6) is 5.75 Å². The first-order valence-corrected chi connectivity index (χ1v) is 11.9. The Kier molecular flexibility index (Phi) is 7.80. The predicted octanol–water partition coefficient (Wildman–Crippen LogP) is 5.53. The number of hydrogen-bond acceptors (Lipinski definition) is 4. The Hall–Kier alpha value is -3.38. The van der Waals surface area contributed by atoms with Gasteiger partial charge in [0.15, 0.2) is 0 Å². The van der Waals surface area contributed by atoms with Crippen LogP contribution in [-0.4, -0.2) is 33.6 Å². The van der Waals surface area contributed by atoms with Crippen LogP contribution in [0.4, 0.5) is 0 Å². The van der Waals surface area contributed by atoms with Crippen LogP contribution in [0.3, 0.4) is 0 Å². The molecule has 1 amide bonds. The van der Waals surface area contributed by atoms with E-state index in [9.17, 15) is 4.79 Å². The largest absolute Gasteiger partial charge is 0.494 e. The number of aryl methyl sites for hydroxylation is 4. The van der Waals surface area contributed by atoms with Gasteiger partial charge in [0.2, 0.25) is 0 Å². The number of nitrogens with one attached hydrogen (secondary N) is 1. The van der Waals surface area contributed by atoms with E-state index in [0.29, 0.717) is 18.7 Å². The molecule has 0 spiro atoms. The highest BCUT2D eigenvalue weighted by Gasteiger charge is 2.11. The van der Waals surface area contributed by atoms with Gasteiger partial charge in [0.05, 0.1) is 17.6 Å². The van der Waals surface area contributed by atoms with Crippen molar-refractivity contribution in [3.8, 4) is 5.75 Å². The van der Waals surface area contributed by atoms with E-state index in [-0.39, 0.29) is 5.91 Å². The van der Waals surface area contributed by atoms with Crippen LogP contribution < -0.4 is 10.1 Å². The van der Waals surface area contributed by atoms with Crippen LogP contribution >= 0.6 is 11.6 Å². The van der Waals surface area contributed by atoms with Gasteiger partial charge in [-0.05, 0) is 74.2 Å². The molecule has 34 heavy (non-hydrogen) atoms. The van der Waals surface area contributed by atoms with Crippen LogP contribution in [0.15, 0.2) is 60.9 Å². The Morgan fingerprint density at radius 2 is 1.79 bits per heavy atom. The van der Waals surface area contributed by atoms with Crippen molar-refractivity contribution in [2.24, 2.45) is 0 Å². The second kappa shape index (κ2) is 11.2. The third-order valence-electron chi connectivity index (χ3n) is 5.74. The number of halogens is 1. The maximum absolute atomic E-state index is 12.2. The highest BCUT2D eigenvalue weighted by atomic mass is 35.5. The monoisotopic (exact) mass is 476 g/mol. The fraction of sp³-hybridized carbons (Fsp3) is 0.296. The lowest BCUT2D eigenvalue weighted by Gasteiger charge is -2.12. The van der Waals surface area contributed by atoms with Gasteiger partial charge in [0, 0.05) is 42.5 Å². The molecule has 7 heteroatoms. The fourth-order valence-corrected chi connectivity index (χ4v) is 4.13. The van der Waals surface area contributed by atoms with Gasteiger partial charge >= 0.3 is 0 Å². The van der Waals surface area contributed by atoms with Crippen molar-refractivity contribution < 1.29 is 9.53 Å². The van der Waals surface area contributed by atoms with E-state index in [2.05, 4.69) is 20.9 Å². The van der Waals surface area contributed by atoms with Crippen molar-refractivity contribution in [2.75, 3.05) is 13.2 Å². The first-order valence-electron chi connectivity index (χ1n) is 11.5. The second-order valence-corrected chi connectivity index (χ2v) is 8.71. The topological polar surface area (TPSA) is 69.0 Å². The lowest BCUT2D eigenvalue weighted by molar-refractivity contribution is 0.0953. The molecule has 0 saturated heterocycles. The number of nitrogens with zero attached hydrogens (tertiary/aromatic N) is 3. The summed E-state index contributed by atoms with van der Waals surface area (Å²) in [5.41, 5.74) is 4.78. The van der Waals surface area contributed by atoms with Crippen molar-refractivity contribution in [2.45, 2.75) is 39.7 Å². The zero-order chi connectivity index (χ0) is 23.9. The summed E-state index contributed by atoms with van der Waals surface area (Å²) in [6.45, 7) is 5.99. The predicted molar refractivity (Wildman–Crippen MR) is 136 cm³/mol. The summed E-state index contributed by atoms with van der Waals surface area (Å²) >= 11 is 6.26. The zero-order valence-electron chi connectivity index (χ0n) is 19.6. The van der Waals surface area contributed by atoms with E-state index in [1.807, 2.05) is 44.2 Å². The molecule has 4 rings (SSSR count). The molecular weight excluding hydrogens is 448 g/mol. The molecule has 4 aromatic rings. The SMILES string of the molecule is Cc1cc(OCCCn2c(CCCNC(=O)c3ccncc3)nc3ccccc32)cc(C)c1Cl. The number of rotatable bonds is 10. The number of para-hydroxylation sites is 2. The van der Waals surface area contributed by atoms with Gasteiger partial charge in [-0.3, -0.25) is 9.78 Å². The number of benzene rings is 2. The molecule has 0 aliphatic rings. The standard InChI is InChI=1S/C27H29ClN4O2/c1-19-17-22(18-20(2)26(19)28)34-16-6-15-32-24-8-4-3-7-23(24)31-25(32)9-5-12-30-27(33)21-10-13-29-14-11-21/h3-4,7-8,10-11,13-14,17-18H,5-6,9,12,15-16H2,1-2H3,(H,30,33). The second-order valence-electron chi connectivity index (χ2n) is 8.34. The van der Waals surface area contributed by atoms with Gasteiger partial charge in [-0.15, -0.1) is 0 Å². The average Bonchev–Trinajstić information content (AvgIpc) is 3.20. The molecular formula is C27H29ClN4O2. The zero-order valence-corrected chi connectivity index (χ0v) is 20.3. The summed E-state index contributed by atoms with van der Waals surface area (Å²) in [5, 5.41) is 3.76. The third kappa shape index (κ3) is 5.75. The lowest BCUT2D eigenvalue weighted by Crippen LogP contribution is -2.25. The number of imidazole rings is 1. The summed E-state index contributed by atoms with van der Waals surface area (Å²) in [6, 6.07) is 15.6. The van der Waals surface area contributed by atoms with Gasteiger partial charge in [-0.2, -0.15) is 0 Å². The van der Waals surface area contributed by atoms with Crippen molar-refractivity contribution >= 4 is 28.5 Å². The van der Waals surface area contributed by atoms with Gasteiger partial charge in [0.1, 0.15) is 11.6 Å². The first-order chi connectivity index (χ1) is 16.5. The van der Waals surface area contributed by atoms with E-state index in [1.54, 1.807) is 24.5 Å². The number of hydrogen-bond donors (Lipinski definition) is 1. The van der Waals surface area contributed by atoms with Crippen LogP contribution in [-0.2, 0) is 13.0 Å². The first kappa shape index (κ1) is 23.8. The van der Waals surface area contributed by atoms with Crippen LogP contribution in [0.25, 0.3) is 11.0 Å². The van der Waals surface area contributed by atoms with E-state index in [0.717, 1.165) is 64.6 Å². The Morgan fingerprint density at radius 1 is 1.06 bits per heavy atom. The molecule has 2 aromatic heterocycles. The van der Waals surface area contributed by atoms with Crippen LogP contribution in [0.1, 0.15) is 40.2 Å². The quantitative estimate of drug-likeness (QED) is 0.305. The summed E-state index contributed by atoms with van der Waals surface area (Å²) in [6.07, 6.45) is 5.68. The third-order valence-corrected chi connectivity index (χ3v) is 6.34. The highest BCUT2D eigenvalue weighted by Crippen LogP contribution is 2.26. The normalized spacial score (nSPS) is 11.0. The molecule has 0 bridgehead atoms. The molecule has 0 aliphatic heterocycles. The van der Waals surface area contributed by atoms with E-state index in [1.165, 1.54) is 0 Å². The van der Waals surface area contributed by atoms with Crippen molar-refractivity contribution in [1.29, 1.82) is 0 Å². The molecule has 6 nitrogen and oxygen atoms in total. The number of fused-ring (bicyclic) bond motifs is 1. The highest BCUT2D eigenvalue weighted by molar-refractivity contribution is 6.32. The van der Waals surface area contributed by atoms with Crippen molar-refractivity contribution in [1.82, 2.24) is 19.9 Å². The molecule has 0 unspecified atom stereocenters. The Bertz CT molecular complexity index is 1250. The Labute approximate surface area is 204 Å². The molecule has 1 N–H and O–H groups in total. The fourth-order valence-electron chi connectivity index (χ4n) is 4.02. The number of carbonyl (C=O) groups is 1. The minimum atomic E-state index is -0.0827. The number of aromatic nitrogens is 3. The maximum atomic E-state index is 12.2. The average molecular weight is 477 g/mol. The number of carbonyl (C=O) groups excluding carboxylic acids is 1. The van der Waals surface area contributed by atoms with Crippen molar-refractivity contribution in [3.63, 3.8) is 0 Å². The summed E-state index contributed by atoms with van der Waals surface area (Å²) in [5.74, 6) is 1.79. The number of amides is 1.